The molecular formula is C13H17BrO2S. The summed E-state index contributed by atoms with van der Waals surface area (Å²) in [5, 5.41) is 1.92. The third-order valence-electron chi connectivity index (χ3n) is 3.12. The Morgan fingerprint density at radius 1 is 1.35 bits per heavy atom. The molecule has 1 heterocycles. The zero-order valence-electron chi connectivity index (χ0n) is 9.78. The first kappa shape index (κ1) is 13.2. The molecule has 0 aromatic carbocycles. The number of hydrogen-bond donors (Lipinski definition) is 0. The van der Waals surface area contributed by atoms with Gasteiger partial charge in [-0.25, -0.2) is 0 Å². The summed E-state index contributed by atoms with van der Waals surface area (Å²) in [6.07, 6.45) is 7.61. The van der Waals surface area contributed by atoms with Crippen molar-refractivity contribution in [3.63, 3.8) is 0 Å². The van der Waals surface area contributed by atoms with Crippen LogP contribution in [0.4, 0.5) is 0 Å². The van der Waals surface area contributed by atoms with Gasteiger partial charge in [-0.3, -0.25) is 4.79 Å². The van der Waals surface area contributed by atoms with Crippen molar-refractivity contribution < 1.29 is 9.53 Å². The first-order chi connectivity index (χ1) is 8.27. The van der Waals surface area contributed by atoms with Crippen LogP contribution in [0.3, 0.4) is 0 Å². The molecule has 1 aromatic rings. The fourth-order valence-electron chi connectivity index (χ4n) is 2.16. The van der Waals surface area contributed by atoms with Crippen LogP contribution in [-0.2, 0) is 4.74 Å². The number of thiophene rings is 1. The normalized spacial score (nSPS) is 17.9. The number of hydrogen-bond acceptors (Lipinski definition) is 3. The van der Waals surface area contributed by atoms with Gasteiger partial charge in [0.15, 0.2) is 5.78 Å². The van der Waals surface area contributed by atoms with Crippen molar-refractivity contribution in [2.45, 2.75) is 44.6 Å². The van der Waals surface area contributed by atoms with E-state index in [1.54, 1.807) is 0 Å². The SMILES string of the molecule is O=C(COC1CCCCCC1)c1sccc1Br. The van der Waals surface area contributed by atoms with E-state index in [1.807, 2.05) is 11.4 Å². The highest BCUT2D eigenvalue weighted by molar-refractivity contribution is 9.10. The van der Waals surface area contributed by atoms with E-state index in [0.29, 0.717) is 6.10 Å². The minimum Gasteiger partial charge on any atom is -0.370 e. The first-order valence-corrected chi connectivity index (χ1v) is 7.82. The molecule has 0 radical (unpaired) electrons. The fraction of sp³-hybridized carbons (Fsp3) is 0.615. The summed E-state index contributed by atoms with van der Waals surface area (Å²) in [5.74, 6) is 0.0936. The van der Waals surface area contributed by atoms with E-state index in [9.17, 15) is 4.79 Å². The monoisotopic (exact) mass is 316 g/mol. The number of rotatable bonds is 4. The van der Waals surface area contributed by atoms with E-state index < -0.39 is 0 Å². The van der Waals surface area contributed by atoms with Gasteiger partial charge in [0.2, 0.25) is 0 Å². The summed E-state index contributed by atoms with van der Waals surface area (Å²) < 4.78 is 6.63. The maximum atomic E-state index is 11.9. The van der Waals surface area contributed by atoms with Crippen molar-refractivity contribution in [3.8, 4) is 0 Å². The Morgan fingerprint density at radius 2 is 2.06 bits per heavy atom. The Balaban J connectivity index is 1.81. The smallest absolute Gasteiger partial charge is 0.199 e. The van der Waals surface area contributed by atoms with Gasteiger partial charge >= 0.3 is 0 Å². The van der Waals surface area contributed by atoms with Crippen LogP contribution in [0.5, 0.6) is 0 Å². The van der Waals surface area contributed by atoms with Gasteiger partial charge in [-0.15, -0.1) is 11.3 Å². The number of ketones is 1. The van der Waals surface area contributed by atoms with Gasteiger partial charge in [0.05, 0.1) is 11.0 Å². The van der Waals surface area contributed by atoms with Crippen molar-refractivity contribution >= 4 is 33.0 Å². The van der Waals surface area contributed by atoms with Gasteiger partial charge in [-0.05, 0) is 40.2 Å². The average molecular weight is 317 g/mol. The van der Waals surface area contributed by atoms with Gasteiger partial charge in [0.25, 0.3) is 0 Å². The first-order valence-electron chi connectivity index (χ1n) is 6.15. The summed E-state index contributed by atoms with van der Waals surface area (Å²) >= 11 is 4.85. The van der Waals surface area contributed by atoms with E-state index in [-0.39, 0.29) is 12.4 Å². The number of Topliss-reactive ketones (excluding diaryl/α,β-unsaturated/α-hetero) is 1. The summed E-state index contributed by atoms with van der Waals surface area (Å²) in [5.41, 5.74) is 0. The lowest BCUT2D eigenvalue weighted by Gasteiger charge is -2.14. The number of ether oxygens (including phenoxy) is 1. The lowest BCUT2D eigenvalue weighted by molar-refractivity contribution is 0.0391. The van der Waals surface area contributed by atoms with Crippen LogP contribution in [-0.4, -0.2) is 18.5 Å². The van der Waals surface area contributed by atoms with Gasteiger partial charge in [-0.1, -0.05) is 25.7 Å². The van der Waals surface area contributed by atoms with Crippen molar-refractivity contribution in [2.75, 3.05) is 6.61 Å². The lowest BCUT2D eigenvalue weighted by atomic mass is 10.1. The Kier molecular flexibility index (Phi) is 5.19. The van der Waals surface area contributed by atoms with E-state index in [1.165, 1.54) is 37.0 Å². The van der Waals surface area contributed by atoms with E-state index in [4.69, 9.17) is 4.74 Å². The molecule has 0 atom stereocenters. The van der Waals surface area contributed by atoms with Gasteiger partial charge in [-0.2, -0.15) is 0 Å². The third kappa shape index (κ3) is 3.90. The van der Waals surface area contributed by atoms with Crippen LogP contribution in [0.1, 0.15) is 48.2 Å². The van der Waals surface area contributed by atoms with Crippen LogP contribution in [0.25, 0.3) is 0 Å². The molecule has 1 aliphatic carbocycles. The second-order valence-corrected chi connectivity index (χ2v) is 6.22. The largest absolute Gasteiger partial charge is 0.370 e. The fourth-order valence-corrected chi connectivity index (χ4v) is 3.68. The molecule has 4 heteroatoms. The predicted molar refractivity (Wildman–Crippen MR) is 73.8 cm³/mol. The van der Waals surface area contributed by atoms with E-state index >= 15 is 0 Å². The van der Waals surface area contributed by atoms with Crippen LogP contribution in [0.2, 0.25) is 0 Å². The third-order valence-corrected chi connectivity index (χ3v) is 5.00. The van der Waals surface area contributed by atoms with Crippen molar-refractivity contribution in [3.05, 3.63) is 20.8 Å². The molecule has 2 nitrogen and oxygen atoms in total. The molecule has 17 heavy (non-hydrogen) atoms. The summed E-state index contributed by atoms with van der Waals surface area (Å²) in [4.78, 5) is 12.7. The number of carbonyl (C=O) groups is 1. The summed E-state index contributed by atoms with van der Waals surface area (Å²) in [6.45, 7) is 0.226. The van der Waals surface area contributed by atoms with Gasteiger partial charge < -0.3 is 4.74 Å². The highest BCUT2D eigenvalue weighted by atomic mass is 79.9. The zero-order valence-corrected chi connectivity index (χ0v) is 12.2. The molecule has 0 aliphatic heterocycles. The topological polar surface area (TPSA) is 26.3 Å². The summed E-state index contributed by atoms with van der Waals surface area (Å²) in [7, 11) is 0. The van der Waals surface area contributed by atoms with Crippen molar-refractivity contribution in [1.82, 2.24) is 0 Å². The van der Waals surface area contributed by atoms with E-state index in [2.05, 4.69) is 15.9 Å². The Labute approximate surface area is 114 Å². The Bertz CT molecular complexity index is 367. The highest BCUT2D eigenvalue weighted by Crippen LogP contribution is 2.24. The van der Waals surface area contributed by atoms with Gasteiger partial charge in [0.1, 0.15) is 6.61 Å². The lowest BCUT2D eigenvalue weighted by Crippen LogP contribution is -2.17. The Morgan fingerprint density at radius 3 is 2.65 bits per heavy atom. The van der Waals surface area contributed by atoms with Crippen LogP contribution in [0, 0.1) is 0 Å². The molecule has 94 valence electrons. The number of halogens is 1. The summed E-state index contributed by atoms with van der Waals surface area (Å²) in [6, 6.07) is 1.91. The quantitative estimate of drug-likeness (QED) is 0.606. The van der Waals surface area contributed by atoms with Crippen molar-refractivity contribution in [2.24, 2.45) is 0 Å². The molecular weight excluding hydrogens is 300 g/mol. The molecule has 1 aliphatic rings. The molecule has 1 fully saturated rings. The molecule has 1 aromatic heterocycles. The molecule has 0 N–H and O–H groups in total. The van der Waals surface area contributed by atoms with Crippen LogP contribution >= 0.6 is 27.3 Å². The average Bonchev–Trinajstić information content (AvgIpc) is 2.61. The highest BCUT2D eigenvalue weighted by Gasteiger charge is 2.16. The molecule has 0 amide bonds. The van der Waals surface area contributed by atoms with Crippen LogP contribution in [0.15, 0.2) is 15.9 Å². The van der Waals surface area contributed by atoms with E-state index in [0.717, 1.165) is 22.2 Å². The maximum absolute atomic E-state index is 11.9. The predicted octanol–water partition coefficient (Wildman–Crippen LogP) is 4.43. The molecule has 1 saturated carbocycles. The molecule has 0 bridgehead atoms. The van der Waals surface area contributed by atoms with Gasteiger partial charge in [0, 0.05) is 4.47 Å². The standard InChI is InChI=1S/C13H17BrO2S/c14-11-7-8-17-13(11)12(15)9-16-10-5-3-1-2-4-6-10/h7-8,10H,1-6,9H2. The molecule has 0 saturated heterocycles. The second-order valence-electron chi connectivity index (χ2n) is 4.45. The molecule has 0 unspecified atom stereocenters. The van der Waals surface area contributed by atoms with Crippen LogP contribution < -0.4 is 0 Å². The Hall–Kier alpha value is -0.190. The number of carbonyl (C=O) groups excluding carboxylic acids is 1. The minimum absolute atomic E-state index is 0.0936. The maximum Gasteiger partial charge on any atom is 0.199 e. The zero-order chi connectivity index (χ0) is 12.1. The second kappa shape index (κ2) is 6.66. The molecule has 2 rings (SSSR count). The minimum atomic E-state index is 0.0936. The van der Waals surface area contributed by atoms with Crippen molar-refractivity contribution in [1.29, 1.82) is 0 Å². The molecule has 0 spiro atoms.